The van der Waals surface area contributed by atoms with Crippen LogP contribution in [0.25, 0.3) is 0 Å². The fourth-order valence-corrected chi connectivity index (χ4v) is 2.43. The summed E-state index contributed by atoms with van der Waals surface area (Å²) in [7, 11) is 1.71. The Bertz CT molecular complexity index is 824. The molecule has 1 unspecified atom stereocenters. The Morgan fingerprint density at radius 3 is 1.89 bits per heavy atom. The first-order valence-corrected chi connectivity index (χ1v) is 8.36. The van der Waals surface area contributed by atoms with E-state index >= 15 is 0 Å². The lowest BCUT2D eigenvalue weighted by atomic mass is 10.2. The molecule has 27 heavy (non-hydrogen) atoms. The molecule has 0 aromatic heterocycles. The number of nitrogens with one attached hydrogen (secondary N) is 4. The minimum atomic E-state index is -0.433. The van der Waals surface area contributed by atoms with Crippen LogP contribution in [0.2, 0.25) is 0 Å². The standard InChI is InChI=1S/C19H21FN4O3/c1-13(25)21-15-6-8-16(9-7-15)22-18(26)11-24(2)12-19(27)23-17-5-3-4-14(20)10-17/h3-10H,11-12H2,1-2H3,(H,21,25)(H,22,26)(H,23,27)/p+1. The van der Waals surface area contributed by atoms with Crippen molar-refractivity contribution in [2.45, 2.75) is 6.92 Å². The molecular weight excluding hydrogens is 351 g/mol. The molecule has 0 saturated carbocycles. The first-order valence-electron chi connectivity index (χ1n) is 8.36. The van der Waals surface area contributed by atoms with Gasteiger partial charge in [0, 0.05) is 24.0 Å². The van der Waals surface area contributed by atoms with Gasteiger partial charge in [0.1, 0.15) is 5.82 Å². The highest BCUT2D eigenvalue weighted by Crippen LogP contribution is 2.13. The van der Waals surface area contributed by atoms with Crippen molar-refractivity contribution in [3.8, 4) is 0 Å². The van der Waals surface area contributed by atoms with Gasteiger partial charge < -0.3 is 20.9 Å². The molecule has 0 aliphatic rings. The molecule has 4 N–H and O–H groups in total. The second-order valence-corrected chi connectivity index (χ2v) is 6.18. The SMILES string of the molecule is CC(=O)Nc1ccc(NC(=O)C[NH+](C)CC(=O)Nc2cccc(F)c2)cc1. The van der Waals surface area contributed by atoms with E-state index in [0.29, 0.717) is 22.0 Å². The lowest BCUT2D eigenvalue weighted by Crippen LogP contribution is -3.11. The molecule has 1 atom stereocenters. The van der Waals surface area contributed by atoms with Crippen LogP contribution < -0.4 is 20.9 Å². The Morgan fingerprint density at radius 1 is 0.852 bits per heavy atom. The number of amides is 3. The van der Waals surface area contributed by atoms with Gasteiger partial charge in [-0.3, -0.25) is 14.4 Å². The third kappa shape index (κ3) is 7.25. The normalized spacial score (nSPS) is 11.4. The molecule has 0 saturated heterocycles. The molecule has 0 aliphatic carbocycles. The number of likely N-dealkylation sites (N-methyl/N-ethyl adjacent to an activating group) is 1. The van der Waals surface area contributed by atoms with Crippen molar-refractivity contribution in [2.75, 3.05) is 36.1 Å². The largest absolute Gasteiger partial charge is 0.326 e. The van der Waals surface area contributed by atoms with E-state index < -0.39 is 5.82 Å². The maximum absolute atomic E-state index is 13.1. The highest BCUT2D eigenvalue weighted by atomic mass is 19.1. The quantitative estimate of drug-likeness (QED) is 0.581. The minimum absolute atomic E-state index is 0.0609. The van der Waals surface area contributed by atoms with Crippen LogP contribution in [-0.2, 0) is 14.4 Å². The Balaban J connectivity index is 1.79. The Hall–Kier alpha value is -3.26. The molecule has 8 heteroatoms. The molecule has 0 aliphatic heterocycles. The molecule has 0 radical (unpaired) electrons. The van der Waals surface area contributed by atoms with Crippen LogP contribution in [0.5, 0.6) is 0 Å². The van der Waals surface area contributed by atoms with Crippen LogP contribution in [-0.4, -0.2) is 37.9 Å². The van der Waals surface area contributed by atoms with E-state index in [-0.39, 0.29) is 30.8 Å². The third-order valence-electron chi connectivity index (χ3n) is 3.52. The molecule has 2 aromatic rings. The fourth-order valence-electron chi connectivity index (χ4n) is 2.43. The molecule has 0 bridgehead atoms. The molecular formula is C19H22FN4O3+. The molecule has 142 valence electrons. The third-order valence-corrected chi connectivity index (χ3v) is 3.52. The van der Waals surface area contributed by atoms with Crippen molar-refractivity contribution < 1.29 is 23.7 Å². The van der Waals surface area contributed by atoms with Crippen molar-refractivity contribution in [2.24, 2.45) is 0 Å². The monoisotopic (exact) mass is 373 g/mol. The zero-order valence-electron chi connectivity index (χ0n) is 15.1. The van der Waals surface area contributed by atoms with E-state index in [9.17, 15) is 18.8 Å². The van der Waals surface area contributed by atoms with Crippen LogP contribution in [0.1, 0.15) is 6.92 Å². The number of quaternary nitrogens is 1. The van der Waals surface area contributed by atoms with Gasteiger partial charge in [-0.15, -0.1) is 0 Å². The number of carbonyl (C=O) groups excluding carboxylic acids is 3. The fraction of sp³-hybridized carbons (Fsp3) is 0.211. The Kier molecular flexibility index (Phi) is 7.01. The molecule has 0 heterocycles. The van der Waals surface area contributed by atoms with Gasteiger partial charge in [-0.1, -0.05) is 6.07 Å². The summed E-state index contributed by atoms with van der Waals surface area (Å²) in [6.07, 6.45) is 0. The van der Waals surface area contributed by atoms with Crippen LogP contribution in [0, 0.1) is 5.82 Å². The molecule has 0 spiro atoms. The van der Waals surface area contributed by atoms with E-state index in [4.69, 9.17) is 0 Å². The lowest BCUT2D eigenvalue weighted by Gasteiger charge is -2.14. The molecule has 7 nitrogen and oxygen atoms in total. The van der Waals surface area contributed by atoms with Crippen molar-refractivity contribution in [1.29, 1.82) is 0 Å². The van der Waals surface area contributed by atoms with Gasteiger partial charge in [-0.2, -0.15) is 0 Å². The van der Waals surface area contributed by atoms with Crippen LogP contribution in [0.4, 0.5) is 21.5 Å². The van der Waals surface area contributed by atoms with Crippen LogP contribution in [0.15, 0.2) is 48.5 Å². The lowest BCUT2D eigenvalue weighted by molar-refractivity contribution is -0.862. The van der Waals surface area contributed by atoms with Crippen molar-refractivity contribution >= 4 is 34.8 Å². The van der Waals surface area contributed by atoms with Crippen LogP contribution >= 0.6 is 0 Å². The van der Waals surface area contributed by atoms with E-state index in [1.54, 1.807) is 37.4 Å². The predicted molar refractivity (Wildman–Crippen MR) is 101 cm³/mol. The number of benzene rings is 2. The van der Waals surface area contributed by atoms with Crippen molar-refractivity contribution in [3.63, 3.8) is 0 Å². The summed E-state index contributed by atoms with van der Waals surface area (Å²) in [4.78, 5) is 35.7. The summed E-state index contributed by atoms with van der Waals surface area (Å²) in [5.41, 5.74) is 1.60. The maximum atomic E-state index is 13.1. The summed E-state index contributed by atoms with van der Waals surface area (Å²) < 4.78 is 13.1. The summed E-state index contributed by atoms with van der Waals surface area (Å²) in [6.45, 7) is 1.56. The van der Waals surface area contributed by atoms with Gasteiger partial charge in [-0.25, -0.2) is 4.39 Å². The van der Waals surface area contributed by atoms with E-state index in [2.05, 4.69) is 16.0 Å². The first kappa shape index (κ1) is 20.1. The van der Waals surface area contributed by atoms with Gasteiger partial charge in [0.2, 0.25) is 5.91 Å². The molecule has 2 rings (SSSR count). The van der Waals surface area contributed by atoms with Gasteiger partial charge in [0.15, 0.2) is 13.1 Å². The predicted octanol–water partition coefficient (Wildman–Crippen LogP) is 0.876. The Labute approximate surface area is 156 Å². The number of carbonyl (C=O) groups is 3. The van der Waals surface area contributed by atoms with Crippen LogP contribution in [0.3, 0.4) is 0 Å². The summed E-state index contributed by atoms with van der Waals surface area (Å²) in [5, 5.41) is 7.96. The smallest absolute Gasteiger partial charge is 0.279 e. The van der Waals surface area contributed by atoms with Gasteiger partial charge in [0.25, 0.3) is 11.8 Å². The topological polar surface area (TPSA) is 91.7 Å². The summed E-state index contributed by atoms with van der Waals surface area (Å²) >= 11 is 0. The van der Waals surface area contributed by atoms with Gasteiger partial charge >= 0.3 is 0 Å². The summed E-state index contributed by atoms with van der Waals surface area (Å²) in [5.74, 6) is -1.17. The Morgan fingerprint density at radius 2 is 1.37 bits per heavy atom. The number of anilines is 3. The highest BCUT2D eigenvalue weighted by Gasteiger charge is 2.14. The van der Waals surface area contributed by atoms with E-state index in [1.807, 2.05) is 0 Å². The average Bonchev–Trinajstić information content (AvgIpc) is 2.55. The molecule has 3 amide bonds. The van der Waals surface area contributed by atoms with Gasteiger partial charge in [0.05, 0.1) is 7.05 Å². The van der Waals surface area contributed by atoms with Gasteiger partial charge in [-0.05, 0) is 42.5 Å². The second-order valence-electron chi connectivity index (χ2n) is 6.18. The molecule has 2 aromatic carbocycles. The van der Waals surface area contributed by atoms with Crippen molar-refractivity contribution in [3.05, 3.63) is 54.3 Å². The van der Waals surface area contributed by atoms with E-state index in [1.165, 1.54) is 25.1 Å². The number of halogens is 1. The summed E-state index contributed by atoms with van der Waals surface area (Å²) in [6, 6.07) is 12.3. The number of hydrogen-bond donors (Lipinski definition) is 4. The molecule has 0 fully saturated rings. The maximum Gasteiger partial charge on any atom is 0.279 e. The zero-order chi connectivity index (χ0) is 19.8. The second kappa shape index (κ2) is 9.44. The minimum Gasteiger partial charge on any atom is -0.326 e. The number of rotatable bonds is 7. The highest BCUT2D eigenvalue weighted by molar-refractivity contribution is 5.93. The van der Waals surface area contributed by atoms with Crippen molar-refractivity contribution in [1.82, 2.24) is 0 Å². The first-order chi connectivity index (χ1) is 12.8. The number of hydrogen-bond acceptors (Lipinski definition) is 3. The van der Waals surface area contributed by atoms with E-state index in [0.717, 1.165) is 0 Å². The average molecular weight is 373 g/mol. The zero-order valence-corrected chi connectivity index (χ0v) is 15.1.